The van der Waals surface area contributed by atoms with Gasteiger partial charge in [-0.2, -0.15) is 4.98 Å². The Balaban J connectivity index is 1.72. The molecule has 3 heterocycles. The van der Waals surface area contributed by atoms with E-state index in [2.05, 4.69) is 20.2 Å². The third kappa shape index (κ3) is 3.46. The molecule has 1 unspecified atom stereocenters. The lowest BCUT2D eigenvalue weighted by Crippen LogP contribution is -2.31. The average Bonchev–Trinajstić information content (AvgIpc) is 3.10. The summed E-state index contributed by atoms with van der Waals surface area (Å²) in [7, 11) is 0. The van der Waals surface area contributed by atoms with Crippen LogP contribution in [0.4, 0.5) is 11.8 Å². The minimum atomic E-state index is 0.167. The number of nitrogen functional groups attached to an aromatic ring is 1. The van der Waals surface area contributed by atoms with E-state index in [9.17, 15) is 0 Å². The summed E-state index contributed by atoms with van der Waals surface area (Å²) in [5, 5.41) is 3.61. The predicted molar refractivity (Wildman–Crippen MR) is 82.2 cm³/mol. The Morgan fingerprint density at radius 3 is 2.86 bits per heavy atom. The fourth-order valence-corrected chi connectivity index (χ4v) is 2.86. The van der Waals surface area contributed by atoms with Gasteiger partial charge in [-0.15, -0.1) is 0 Å². The Labute approximate surface area is 128 Å². The molecule has 2 aromatic rings. The van der Waals surface area contributed by atoms with Crippen molar-refractivity contribution >= 4 is 23.4 Å². The van der Waals surface area contributed by atoms with Gasteiger partial charge in [-0.1, -0.05) is 11.6 Å². The number of hydrogen-bond acceptors (Lipinski definition) is 6. The molecule has 1 fully saturated rings. The lowest BCUT2D eigenvalue weighted by molar-refractivity contribution is 0.225. The van der Waals surface area contributed by atoms with Crippen LogP contribution < -0.4 is 11.1 Å². The van der Waals surface area contributed by atoms with Crippen LogP contribution in [0, 0.1) is 0 Å². The molecule has 0 radical (unpaired) electrons. The van der Waals surface area contributed by atoms with Crippen LogP contribution in [0.25, 0.3) is 0 Å². The number of nitrogens with zero attached hydrogens (tertiary/aromatic N) is 3. The quantitative estimate of drug-likeness (QED) is 0.826. The van der Waals surface area contributed by atoms with Crippen LogP contribution in [-0.2, 0) is 0 Å². The molecule has 1 atom stereocenters. The summed E-state index contributed by atoms with van der Waals surface area (Å²) in [6, 6.07) is 5.77. The zero-order valence-electron chi connectivity index (χ0n) is 11.6. The van der Waals surface area contributed by atoms with Crippen molar-refractivity contribution in [2.45, 2.75) is 18.9 Å². The molecule has 3 rings (SSSR count). The van der Waals surface area contributed by atoms with E-state index in [1.54, 1.807) is 12.3 Å². The molecule has 0 saturated carbocycles. The first-order chi connectivity index (χ1) is 10.2. The molecule has 0 aromatic carbocycles. The van der Waals surface area contributed by atoms with Gasteiger partial charge >= 0.3 is 0 Å². The van der Waals surface area contributed by atoms with Gasteiger partial charge in [-0.05, 0) is 38.1 Å². The van der Waals surface area contributed by atoms with Crippen molar-refractivity contribution < 1.29 is 4.42 Å². The predicted octanol–water partition coefficient (Wildman–Crippen LogP) is 2.55. The second kappa shape index (κ2) is 6.32. The van der Waals surface area contributed by atoms with Gasteiger partial charge in [0.2, 0.25) is 5.95 Å². The highest BCUT2D eigenvalue weighted by Gasteiger charge is 2.25. The Kier molecular flexibility index (Phi) is 4.26. The summed E-state index contributed by atoms with van der Waals surface area (Å²) < 4.78 is 5.58. The lowest BCUT2D eigenvalue weighted by atomic mass is 10.2. The van der Waals surface area contributed by atoms with Gasteiger partial charge in [0.25, 0.3) is 0 Å². The van der Waals surface area contributed by atoms with Crippen molar-refractivity contribution in [2.24, 2.45) is 0 Å². The summed E-state index contributed by atoms with van der Waals surface area (Å²) in [5.41, 5.74) is 5.61. The van der Waals surface area contributed by atoms with E-state index < -0.39 is 0 Å². The van der Waals surface area contributed by atoms with E-state index >= 15 is 0 Å². The van der Waals surface area contributed by atoms with Gasteiger partial charge in [-0.25, -0.2) is 4.98 Å². The van der Waals surface area contributed by atoms with E-state index in [0.29, 0.717) is 17.5 Å². The summed E-state index contributed by atoms with van der Waals surface area (Å²) in [6.07, 6.45) is 4.16. The average molecular weight is 308 g/mol. The number of rotatable bonds is 5. The van der Waals surface area contributed by atoms with Crippen molar-refractivity contribution in [3.05, 3.63) is 35.4 Å². The Morgan fingerprint density at radius 1 is 1.38 bits per heavy atom. The zero-order chi connectivity index (χ0) is 14.7. The van der Waals surface area contributed by atoms with E-state index in [4.69, 9.17) is 21.8 Å². The van der Waals surface area contributed by atoms with Gasteiger partial charge in [0, 0.05) is 12.6 Å². The number of nitrogens with one attached hydrogen (secondary N) is 1. The molecule has 0 bridgehead atoms. The summed E-state index contributed by atoms with van der Waals surface area (Å²) in [5.74, 6) is 1.75. The molecule has 1 aliphatic heterocycles. The van der Waals surface area contributed by atoms with Gasteiger partial charge in [0.1, 0.15) is 16.7 Å². The lowest BCUT2D eigenvalue weighted by Gasteiger charge is -2.26. The highest BCUT2D eigenvalue weighted by molar-refractivity contribution is 6.29. The minimum absolute atomic E-state index is 0.167. The third-order valence-corrected chi connectivity index (χ3v) is 3.84. The normalized spacial score (nSPS) is 17.0. The van der Waals surface area contributed by atoms with Gasteiger partial charge in [0.15, 0.2) is 0 Å². The van der Waals surface area contributed by atoms with Crippen LogP contribution in [-0.4, -0.2) is 34.5 Å². The van der Waals surface area contributed by atoms with E-state index in [1.807, 2.05) is 12.1 Å². The van der Waals surface area contributed by atoms with Crippen molar-refractivity contribution in [2.75, 3.05) is 30.7 Å². The smallest absolute Gasteiger partial charge is 0.223 e. The molecule has 0 spiro atoms. The molecule has 2 aromatic heterocycles. The number of furan rings is 1. The van der Waals surface area contributed by atoms with Crippen LogP contribution in [0.3, 0.4) is 0 Å². The topological polar surface area (TPSA) is 80.2 Å². The molecule has 1 aliphatic rings. The number of likely N-dealkylation sites (tertiary alicyclic amines) is 1. The highest BCUT2D eigenvalue weighted by Crippen LogP contribution is 2.26. The van der Waals surface area contributed by atoms with Gasteiger partial charge in [0.05, 0.1) is 12.3 Å². The van der Waals surface area contributed by atoms with E-state index in [0.717, 1.165) is 18.8 Å². The molecule has 21 heavy (non-hydrogen) atoms. The minimum Gasteiger partial charge on any atom is -0.468 e. The summed E-state index contributed by atoms with van der Waals surface area (Å²) in [4.78, 5) is 10.4. The molecule has 0 aliphatic carbocycles. The molecule has 0 amide bonds. The van der Waals surface area contributed by atoms with Crippen molar-refractivity contribution in [1.82, 2.24) is 14.9 Å². The van der Waals surface area contributed by atoms with Crippen LogP contribution in [0.1, 0.15) is 24.6 Å². The van der Waals surface area contributed by atoms with Gasteiger partial charge in [-0.3, -0.25) is 4.90 Å². The molecule has 3 N–H and O–H groups in total. The fraction of sp³-hybridized carbons (Fsp3) is 0.429. The zero-order valence-corrected chi connectivity index (χ0v) is 12.4. The monoisotopic (exact) mass is 307 g/mol. The molecule has 6 nitrogen and oxygen atoms in total. The summed E-state index contributed by atoms with van der Waals surface area (Å²) >= 11 is 5.89. The Hall–Kier alpha value is -1.79. The number of halogens is 1. The molecular weight excluding hydrogens is 290 g/mol. The maximum absolute atomic E-state index is 5.89. The van der Waals surface area contributed by atoms with Crippen molar-refractivity contribution in [3.8, 4) is 0 Å². The molecule has 1 saturated heterocycles. The number of hydrogen-bond donors (Lipinski definition) is 2. The number of nitrogens with two attached hydrogens (primary N) is 1. The molecule has 112 valence electrons. The SMILES string of the molecule is Nc1nc(Cl)cc(NCC(c2ccco2)N2CCCC2)n1. The fourth-order valence-electron chi connectivity index (χ4n) is 2.67. The maximum Gasteiger partial charge on any atom is 0.223 e. The highest BCUT2D eigenvalue weighted by atomic mass is 35.5. The van der Waals surface area contributed by atoms with Crippen LogP contribution in [0.2, 0.25) is 5.15 Å². The van der Waals surface area contributed by atoms with Crippen LogP contribution in [0.5, 0.6) is 0 Å². The van der Waals surface area contributed by atoms with Gasteiger partial charge < -0.3 is 15.5 Å². The van der Waals surface area contributed by atoms with E-state index in [1.165, 1.54) is 12.8 Å². The standard InChI is InChI=1S/C14H18ClN5O/c15-12-8-13(19-14(16)18-12)17-9-10(11-4-3-7-21-11)20-5-1-2-6-20/h3-4,7-8,10H,1-2,5-6,9H2,(H3,16,17,18,19). The first kappa shape index (κ1) is 14.2. The van der Waals surface area contributed by atoms with Crippen molar-refractivity contribution in [1.29, 1.82) is 0 Å². The Morgan fingerprint density at radius 2 is 2.19 bits per heavy atom. The Bertz CT molecular complexity index is 563. The second-order valence-electron chi connectivity index (χ2n) is 5.09. The number of anilines is 2. The largest absolute Gasteiger partial charge is 0.468 e. The molecule has 7 heteroatoms. The molecular formula is C14H18ClN5O. The number of aromatic nitrogens is 2. The maximum atomic E-state index is 5.89. The third-order valence-electron chi connectivity index (χ3n) is 3.64. The first-order valence-corrected chi connectivity index (χ1v) is 7.41. The van der Waals surface area contributed by atoms with Crippen molar-refractivity contribution in [3.63, 3.8) is 0 Å². The van der Waals surface area contributed by atoms with E-state index in [-0.39, 0.29) is 12.0 Å². The summed E-state index contributed by atoms with van der Waals surface area (Å²) in [6.45, 7) is 2.85. The second-order valence-corrected chi connectivity index (χ2v) is 5.48. The first-order valence-electron chi connectivity index (χ1n) is 7.04. The van der Waals surface area contributed by atoms with Crippen LogP contribution in [0.15, 0.2) is 28.9 Å². The van der Waals surface area contributed by atoms with Crippen LogP contribution >= 0.6 is 11.6 Å².